The normalized spacial score (nSPS) is 29.4. The monoisotopic (exact) mass is 389 g/mol. The third kappa shape index (κ3) is 3.66. The topological polar surface area (TPSA) is 71.1 Å². The van der Waals surface area contributed by atoms with Gasteiger partial charge in [-0.3, -0.25) is 14.6 Å². The molecule has 5 nitrogen and oxygen atoms in total. The van der Waals surface area contributed by atoms with Gasteiger partial charge in [0, 0.05) is 30.0 Å². The molecule has 4 saturated carbocycles. The van der Waals surface area contributed by atoms with E-state index in [1.54, 1.807) is 24.5 Å². The van der Waals surface area contributed by atoms with Crippen LogP contribution >= 0.6 is 0 Å². The molecule has 0 unspecified atom stereocenters. The van der Waals surface area contributed by atoms with Gasteiger partial charge in [0.2, 0.25) is 5.91 Å². The van der Waals surface area contributed by atoms with Gasteiger partial charge in [0.15, 0.2) is 0 Å². The molecule has 1 aromatic carbocycles. The molecular formula is C24H27N3O2. The van der Waals surface area contributed by atoms with E-state index in [0.29, 0.717) is 12.1 Å². The molecule has 0 aliphatic heterocycles. The number of nitrogens with one attached hydrogen (secondary N) is 2. The van der Waals surface area contributed by atoms with Gasteiger partial charge < -0.3 is 10.6 Å². The molecule has 150 valence electrons. The minimum atomic E-state index is -0.187. The molecular weight excluding hydrogens is 362 g/mol. The number of nitrogens with zero attached hydrogens (tertiary/aromatic N) is 1. The van der Waals surface area contributed by atoms with Crippen LogP contribution in [-0.2, 0) is 11.3 Å². The largest absolute Gasteiger partial charge is 0.352 e. The Hall–Kier alpha value is -2.69. The van der Waals surface area contributed by atoms with Crippen molar-refractivity contribution in [1.29, 1.82) is 0 Å². The van der Waals surface area contributed by atoms with Crippen LogP contribution in [0.25, 0.3) is 0 Å². The molecule has 2 N–H and O–H groups in total. The molecule has 4 fully saturated rings. The maximum Gasteiger partial charge on any atom is 0.257 e. The zero-order valence-corrected chi connectivity index (χ0v) is 16.6. The summed E-state index contributed by atoms with van der Waals surface area (Å²) in [4.78, 5) is 29.4. The Morgan fingerprint density at radius 1 is 1.00 bits per heavy atom. The molecule has 0 spiro atoms. The lowest BCUT2D eigenvalue weighted by atomic mass is 9.49. The molecule has 4 aliphatic carbocycles. The Bertz CT molecular complexity index is 889. The van der Waals surface area contributed by atoms with Crippen molar-refractivity contribution < 1.29 is 9.59 Å². The molecule has 29 heavy (non-hydrogen) atoms. The third-order valence-electron chi connectivity index (χ3n) is 7.08. The average Bonchev–Trinajstić information content (AvgIpc) is 2.72. The lowest BCUT2D eigenvalue weighted by Gasteiger charge is -2.55. The van der Waals surface area contributed by atoms with Gasteiger partial charge in [0.05, 0.1) is 5.56 Å². The first-order chi connectivity index (χ1) is 14.1. The third-order valence-corrected chi connectivity index (χ3v) is 7.08. The second-order valence-electron chi connectivity index (χ2n) is 9.28. The summed E-state index contributed by atoms with van der Waals surface area (Å²) in [6.45, 7) is 0.497. The van der Waals surface area contributed by atoms with Crippen molar-refractivity contribution >= 4 is 17.5 Å². The summed E-state index contributed by atoms with van der Waals surface area (Å²) in [5.41, 5.74) is 2.11. The first-order valence-corrected chi connectivity index (χ1v) is 10.7. The van der Waals surface area contributed by atoms with Crippen molar-refractivity contribution in [3.05, 3.63) is 59.9 Å². The Morgan fingerprint density at radius 2 is 1.72 bits per heavy atom. The van der Waals surface area contributed by atoms with E-state index < -0.39 is 0 Å². The number of carbonyl (C=O) groups is 2. The fourth-order valence-electron chi connectivity index (χ4n) is 6.22. The smallest absolute Gasteiger partial charge is 0.257 e. The average molecular weight is 389 g/mol. The Kier molecular flexibility index (Phi) is 4.61. The molecule has 2 aromatic rings. The highest BCUT2D eigenvalue weighted by Gasteiger charge is 2.54. The molecule has 0 radical (unpaired) electrons. The van der Waals surface area contributed by atoms with Crippen LogP contribution in [0.5, 0.6) is 0 Å². The van der Waals surface area contributed by atoms with Gasteiger partial charge in [-0.05, 0) is 86.1 Å². The molecule has 2 amide bonds. The molecule has 1 heterocycles. The summed E-state index contributed by atoms with van der Waals surface area (Å²) in [7, 11) is 0. The lowest BCUT2D eigenvalue weighted by molar-refractivity contribution is -0.146. The quantitative estimate of drug-likeness (QED) is 0.806. The summed E-state index contributed by atoms with van der Waals surface area (Å²) in [5.74, 6) is 2.34. The van der Waals surface area contributed by atoms with Crippen molar-refractivity contribution in [2.24, 2.45) is 23.2 Å². The molecule has 4 bridgehead atoms. The van der Waals surface area contributed by atoms with Crippen LogP contribution in [0, 0.1) is 23.2 Å². The maximum absolute atomic E-state index is 13.1. The van der Waals surface area contributed by atoms with Gasteiger partial charge in [-0.2, -0.15) is 0 Å². The Morgan fingerprint density at radius 3 is 2.38 bits per heavy atom. The van der Waals surface area contributed by atoms with Crippen LogP contribution in [-0.4, -0.2) is 16.8 Å². The molecule has 1 aromatic heterocycles. The first kappa shape index (κ1) is 18.3. The van der Waals surface area contributed by atoms with Crippen LogP contribution < -0.4 is 10.6 Å². The van der Waals surface area contributed by atoms with Crippen LogP contribution in [0.1, 0.15) is 54.4 Å². The Balaban J connectivity index is 1.22. The van der Waals surface area contributed by atoms with Crippen LogP contribution in [0.15, 0.2) is 48.8 Å². The van der Waals surface area contributed by atoms with Gasteiger partial charge >= 0.3 is 0 Å². The minimum absolute atomic E-state index is 0.124. The van der Waals surface area contributed by atoms with Crippen LogP contribution in [0.3, 0.4) is 0 Å². The highest BCUT2D eigenvalue weighted by atomic mass is 16.2. The number of carbonyl (C=O) groups excluding carboxylic acids is 2. The van der Waals surface area contributed by atoms with Gasteiger partial charge in [0.1, 0.15) is 0 Å². The lowest BCUT2D eigenvalue weighted by Crippen LogP contribution is -2.53. The van der Waals surface area contributed by atoms with Crippen molar-refractivity contribution in [1.82, 2.24) is 10.3 Å². The molecule has 0 atom stereocenters. The number of rotatable bonds is 5. The zero-order chi connectivity index (χ0) is 19.8. The van der Waals surface area contributed by atoms with Crippen molar-refractivity contribution in [2.75, 3.05) is 5.32 Å². The maximum atomic E-state index is 13.1. The van der Waals surface area contributed by atoms with E-state index in [0.717, 1.165) is 48.3 Å². The standard InChI is InChI=1S/C24H27N3O2/c28-22(20-4-2-6-25-15-20)27-21-5-1-3-16(10-21)14-26-23(29)24-11-17-7-18(12-24)9-19(8-17)13-24/h1-6,10,15,17-19H,7-9,11-14H2,(H,26,29)(H,27,28). The Labute approximate surface area is 171 Å². The number of anilines is 1. The number of hydrogen-bond acceptors (Lipinski definition) is 3. The van der Waals surface area contributed by atoms with Crippen LogP contribution in [0.4, 0.5) is 5.69 Å². The van der Waals surface area contributed by atoms with Crippen molar-refractivity contribution in [3.8, 4) is 0 Å². The van der Waals surface area contributed by atoms with E-state index in [4.69, 9.17) is 0 Å². The molecule has 0 saturated heterocycles. The summed E-state index contributed by atoms with van der Waals surface area (Å²) in [5, 5.41) is 6.11. The second kappa shape index (κ2) is 7.29. The van der Waals surface area contributed by atoms with Gasteiger partial charge in [-0.1, -0.05) is 12.1 Å². The van der Waals surface area contributed by atoms with E-state index in [-0.39, 0.29) is 17.2 Å². The summed E-state index contributed by atoms with van der Waals surface area (Å²) in [6.07, 6.45) is 10.4. The number of pyridine rings is 1. The predicted octanol–water partition coefficient (Wildman–Crippen LogP) is 4.17. The highest BCUT2D eigenvalue weighted by molar-refractivity contribution is 6.04. The van der Waals surface area contributed by atoms with E-state index in [1.807, 2.05) is 24.3 Å². The number of hydrogen-bond donors (Lipinski definition) is 2. The van der Waals surface area contributed by atoms with Gasteiger partial charge in [0.25, 0.3) is 5.91 Å². The number of benzene rings is 1. The van der Waals surface area contributed by atoms with Gasteiger partial charge in [-0.25, -0.2) is 0 Å². The van der Waals surface area contributed by atoms with E-state index in [1.165, 1.54) is 19.3 Å². The first-order valence-electron chi connectivity index (χ1n) is 10.7. The van der Waals surface area contributed by atoms with E-state index in [9.17, 15) is 9.59 Å². The van der Waals surface area contributed by atoms with Gasteiger partial charge in [-0.15, -0.1) is 0 Å². The molecule has 5 heteroatoms. The highest BCUT2D eigenvalue weighted by Crippen LogP contribution is 2.60. The molecule has 4 aliphatic rings. The summed E-state index contributed by atoms with van der Waals surface area (Å²) >= 11 is 0. The van der Waals surface area contributed by atoms with Crippen LogP contribution in [0.2, 0.25) is 0 Å². The van der Waals surface area contributed by atoms with E-state index >= 15 is 0 Å². The molecule has 6 rings (SSSR count). The van der Waals surface area contributed by atoms with Crippen molar-refractivity contribution in [2.45, 2.75) is 45.1 Å². The second-order valence-corrected chi connectivity index (χ2v) is 9.28. The summed E-state index contributed by atoms with van der Waals surface area (Å²) in [6, 6.07) is 11.2. The fraction of sp³-hybridized carbons (Fsp3) is 0.458. The minimum Gasteiger partial charge on any atom is -0.352 e. The zero-order valence-electron chi connectivity index (χ0n) is 16.6. The summed E-state index contributed by atoms with van der Waals surface area (Å²) < 4.78 is 0. The number of amides is 2. The SMILES string of the molecule is O=C(Nc1cccc(CNC(=O)C23CC4CC(CC(C4)C2)C3)c1)c1cccnc1. The fourth-order valence-corrected chi connectivity index (χ4v) is 6.22. The number of aromatic nitrogens is 1. The van der Waals surface area contributed by atoms with E-state index in [2.05, 4.69) is 15.6 Å². The van der Waals surface area contributed by atoms with Crippen molar-refractivity contribution in [3.63, 3.8) is 0 Å². The predicted molar refractivity (Wildman–Crippen MR) is 111 cm³/mol.